The van der Waals surface area contributed by atoms with Crippen LogP contribution in [0.3, 0.4) is 0 Å². The summed E-state index contributed by atoms with van der Waals surface area (Å²) in [4.78, 5) is 22.8. The number of pyridine rings is 1. The molecule has 0 saturated heterocycles. The average Bonchev–Trinajstić information content (AvgIpc) is 2.40. The van der Waals surface area contributed by atoms with Crippen molar-refractivity contribution in [2.45, 2.75) is 12.7 Å². The number of halogens is 3. The monoisotopic (exact) mass is 297 g/mol. The summed E-state index contributed by atoms with van der Waals surface area (Å²) < 4.78 is 39.3. The van der Waals surface area contributed by atoms with Crippen LogP contribution in [0.5, 0.6) is 0 Å². The SMILES string of the molecule is O=C(O)c1ccccc1Cn1c(C(F)(F)F)cccc1=O. The molecule has 0 bridgehead atoms. The van der Waals surface area contributed by atoms with Crippen molar-refractivity contribution >= 4 is 5.97 Å². The van der Waals surface area contributed by atoms with Crippen molar-refractivity contribution in [1.29, 1.82) is 0 Å². The molecule has 0 aliphatic heterocycles. The highest BCUT2D eigenvalue weighted by Gasteiger charge is 2.34. The van der Waals surface area contributed by atoms with E-state index in [9.17, 15) is 22.8 Å². The molecule has 0 saturated carbocycles. The molecule has 0 unspecified atom stereocenters. The van der Waals surface area contributed by atoms with Crippen LogP contribution in [0.25, 0.3) is 0 Å². The largest absolute Gasteiger partial charge is 0.478 e. The maximum atomic E-state index is 12.9. The van der Waals surface area contributed by atoms with E-state index in [-0.39, 0.29) is 11.1 Å². The zero-order valence-corrected chi connectivity index (χ0v) is 10.6. The summed E-state index contributed by atoms with van der Waals surface area (Å²) in [6, 6.07) is 8.42. The summed E-state index contributed by atoms with van der Waals surface area (Å²) in [5.41, 5.74) is -1.97. The Balaban J connectivity index is 2.56. The van der Waals surface area contributed by atoms with E-state index in [4.69, 9.17) is 5.11 Å². The van der Waals surface area contributed by atoms with E-state index in [0.717, 1.165) is 18.2 Å². The van der Waals surface area contributed by atoms with Gasteiger partial charge in [0.05, 0.1) is 12.1 Å². The Morgan fingerprint density at radius 2 is 1.76 bits per heavy atom. The number of hydrogen-bond donors (Lipinski definition) is 1. The Bertz CT molecular complexity index is 735. The lowest BCUT2D eigenvalue weighted by Gasteiger charge is -2.15. The number of benzene rings is 1. The van der Waals surface area contributed by atoms with Crippen LogP contribution in [0.1, 0.15) is 21.6 Å². The fourth-order valence-corrected chi connectivity index (χ4v) is 1.97. The molecule has 110 valence electrons. The Hall–Kier alpha value is -2.57. The number of alkyl halides is 3. The van der Waals surface area contributed by atoms with Crippen molar-refractivity contribution in [3.8, 4) is 0 Å². The summed E-state index contributed by atoms with van der Waals surface area (Å²) in [7, 11) is 0. The van der Waals surface area contributed by atoms with E-state index >= 15 is 0 Å². The van der Waals surface area contributed by atoms with E-state index in [1.165, 1.54) is 24.3 Å². The van der Waals surface area contributed by atoms with E-state index in [0.29, 0.717) is 4.57 Å². The molecule has 2 rings (SSSR count). The molecule has 0 amide bonds. The lowest BCUT2D eigenvalue weighted by Crippen LogP contribution is -2.28. The summed E-state index contributed by atoms with van der Waals surface area (Å²) in [6.45, 7) is -0.461. The van der Waals surface area contributed by atoms with Crippen molar-refractivity contribution in [2.75, 3.05) is 0 Å². The average molecular weight is 297 g/mol. The molecule has 4 nitrogen and oxygen atoms in total. The van der Waals surface area contributed by atoms with Crippen LogP contribution in [0.4, 0.5) is 13.2 Å². The Kier molecular flexibility index (Phi) is 3.84. The number of rotatable bonds is 3. The predicted molar refractivity (Wildman–Crippen MR) is 68.2 cm³/mol. The van der Waals surface area contributed by atoms with Crippen LogP contribution in [0.2, 0.25) is 0 Å². The number of carbonyl (C=O) groups is 1. The lowest BCUT2D eigenvalue weighted by atomic mass is 10.1. The number of carboxylic acids is 1. The molecule has 1 N–H and O–H groups in total. The van der Waals surface area contributed by atoms with Gasteiger partial charge in [-0.05, 0) is 17.7 Å². The van der Waals surface area contributed by atoms with Crippen LogP contribution in [0, 0.1) is 0 Å². The number of hydrogen-bond acceptors (Lipinski definition) is 2. The minimum atomic E-state index is -4.70. The number of aromatic nitrogens is 1. The van der Waals surface area contributed by atoms with Crippen LogP contribution in [-0.4, -0.2) is 15.6 Å². The van der Waals surface area contributed by atoms with E-state index in [1.807, 2.05) is 0 Å². The third-order valence-electron chi connectivity index (χ3n) is 2.92. The van der Waals surface area contributed by atoms with Gasteiger partial charge in [-0.15, -0.1) is 0 Å². The Morgan fingerprint density at radius 3 is 2.38 bits per heavy atom. The molecule has 0 atom stereocenters. The van der Waals surface area contributed by atoms with E-state index < -0.39 is 29.9 Å². The third kappa shape index (κ3) is 3.13. The van der Waals surface area contributed by atoms with Crippen molar-refractivity contribution in [3.63, 3.8) is 0 Å². The molecule has 2 aromatic rings. The Morgan fingerprint density at radius 1 is 1.10 bits per heavy atom. The third-order valence-corrected chi connectivity index (χ3v) is 2.92. The maximum Gasteiger partial charge on any atom is 0.431 e. The smallest absolute Gasteiger partial charge is 0.431 e. The molecule has 1 heterocycles. The fourth-order valence-electron chi connectivity index (χ4n) is 1.97. The molecule has 0 spiro atoms. The first-order valence-electron chi connectivity index (χ1n) is 5.89. The highest BCUT2D eigenvalue weighted by molar-refractivity contribution is 5.89. The molecule has 0 aliphatic carbocycles. The number of nitrogens with zero attached hydrogens (tertiary/aromatic N) is 1. The first kappa shape index (κ1) is 14.8. The van der Waals surface area contributed by atoms with Gasteiger partial charge in [0.15, 0.2) is 0 Å². The molecule has 1 aromatic carbocycles. The normalized spacial score (nSPS) is 11.4. The molecule has 0 fully saturated rings. The summed E-state index contributed by atoms with van der Waals surface area (Å²) in [5.74, 6) is -1.26. The van der Waals surface area contributed by atoms with Gasteiger partial charge in [-0.2, -0.15) is 13.2 Å². The number of carboxylic acid groups (broad SMARTS) is 1. The molecule has 1 aromatic heterocycles. The standard InChI is InChI=1S/C14H10F3NO3/c15-14(16,17)11-6-3-7-12(19)18(11)8-9-4-1-2-5-10(9)13(20)21/h1-7H,8H2,(H,20,21). The molecule has 7 heteroatoms. The predicted octanol–water partition coefficient (Wildman–Crippen LogP) is 2.61. The van der Waals surface area contributed by atoms with Crippen LogP contribution < -0.4 is 5.56 Å². The van der Waals surface area contributed by atoms with Crippen molar-refractivity contribution < 1.29 is 23.1 Å². The quantitative estimate of drug-likeness (QED) is 0.947. The van der Waals surface area contributed by atoms with Crippen LogP contribution in [-0.2, 0) is 12.7 Å². The second-order valence-corrected chi connectivity index (χ2v) is 4.30. The van der Waals surface area contributed by atoms with Crippen molar-refractivity contribution in [3.05, 3.63) is 69.6 Å². The lowest BCUT2D eigenvalue weighted by molar-refractivity contribution is -0.144. The van der Waals surface area contributed by atoms with Gasteiger partial charge in [0.1, 0.15) is 5.69 Å². The van der Waals surface area contributed by atoms with Crippen molar-refractivity contribution in [1.82, 2.24) is 4.57 Å². The van der Waals surface area contributed by atoms with Gasteiger partial charge in [0, 0.05) is 6.07 Å². The van der Waals surface area contributed by atoms with Gasteiger partial charge in [-0.1, -0.05) is 24.3 Å². The minimum Gasteiger partial charge on any atom is -0.478 e. The topological polar surface area (TPSA) is 59.3 Å². The minimum absolute atomic E-state index is 0.129. The van der Waals surface area contributed by atoms with Gasteiger partial charge in [0.25, 0.3) is 5.56 Å². The van der Waals surface area contributed by atoms with Gasteiger partial charge < -0.3 is 5.11 Å². The Labute approximate surface area is 117 Å². The molecular weight excluding hydrogens is 287 g/mol. The molecule has 0 radical (unpaired) electrons. The van der Waals surface area contributed by atoms with Crippen LogP contribution >= 0.6 is 0 Å². The van der Waals surface area contributed by atoms with E-state index in [2.05, 4.69) is 0 Å². The summed E-state index contributed by atoms with van der Waals surface area (Å²) in [6.07, 6.45) is -4.70. The summed E-state index contributed by atoms with van der Waals surface area (Å²) >= 11 is 0. The highest BCUT2D eigenvalue weighted by Crippen LogP contribution is 2.28. The fraction of sp³-hybridized carbons (Fsp3) is 0.143. The van der Waals surface area contributed by atoms with Crippen molar-refractivity contribution in [2.24, 2.45) is 0 Å². The molecule has 0 aliphatic rings. The maximum absolute atomic E-state index is 12.9. The van der Waals surface area contributed by atoms with Crippen LogP contribution in [0.15, 0.2) is 47.3 Å². The number of aromatic carboxylic acids is 1. The first-order chi connectivity index (χ1) is 9.80. The second-order valence-electron chi connectivity index (χ2n) is 4.30. The first-order valence-corrected chi connectivity index (χ1v) is 5.89. The van der Waals surface area contributed by atoms with Gasteiger partial charge in [-0.3, -0.25) is 9.36 Å². The molecular formula is C14H10F3NO3. The van der Waals surface area contributed by atoms with Gasteiger partial charge in [0.2, 0.25) is 0 Å². The molecule has 21 heavy (non-hydrogen) atoms. The highest BCUT2D eigenvalue weighted by atomic mass is 19.4. The zero-order chi connectivity index (χ0) is 15.6. The summed E-state index contributed by atoms with van der Waals surface area (Å²) in [5, 5.41) is 9.03. The van der Waals surface area contributed by atoms with Gasteiger partial charge in [-0.25, -0.2) is 4.79 Å². The second kappa shape index (κ2) is 5.43. The van der Waals surface area contributed by atoms with Gasteiger partial charge >= 0.3 is 12.1 Å². The zero-order valence-electron chi connectivity index (χ0n) is 10.6. The van der Waals surface area contributed by atoms with E-state index in [1.54, 1.807) is 0 Å².